The van der Waals surface area contributed by atoms with Crippen LogP contribution in [0.25, 0.3) is 16.7 Å². The third-order valence-corrected chi connectivity index (χ3v) is 3.52. The van der Waals surface area contributed by atoms with Crippen molar-refractivity contribution in [2.24, 2.45) is 7.05 Å². The number of ether oxygens (including phenoxy) is 1. The number of imidazole rings is 1. The molecule has 2 heterocycles. The first kappa shape index (κ1) is 13.0. The summed E-state index contributed by atoms with van der Waals surface area (Å²) >= 11 is 6.04. The molecule has 0 amide bonds. The van der Waals surface area contributed by atoms with Crippen molar-refractivity contribution in [3.8, 4) is 11.4 Å². The molecule has 1 aromatic carbocycles. The van der Waals surface area contributed by atoms with Gasteiger partial charge in [-0.05, 0) is 19.1 Å². The van der Waals surface area contributed by atoms with Crippen LogP contribution in [-0.4, -0.2) is 26.4 Å². The fourth-order valence-corrected chi connectivity index (χ4v) is 2.58. The lowest BCUT2D eigenvalue weighted by Gasteiger charge is -2.06. The van der Waals surface area contributed by atoms with Crippen molar-refractivity contribution >= 4 is 22.6 Å². The zero-order valence-electron chi connectivity index (χ0n) is 11.6. The second kappa shape index (κ2) is 4.83. The minimum absolute atomic E-state index is 0.339. The predicted molar refractivity (Wildman–Crippen MR) is 78.7 cm³/mol. The molecule has 0 unspecified atom stereocenters. The number of hydrogen-bond acceptors (Lipinski definition) is 3. The molecule has 104 valence electrons. The Hall–Kier alpha value is -2.01. The first-order chi connectivity index (χ1) is 9.63. The lowest BCUT2D eigenvalue weighted by atomic mass is 10.3. The molecule has 0 bridgehead atoms. The van der Waals surface area contributed by atoms with Crippen molar-refractivity contribution < 1.29 is 4.74 Å². The van der Waals surface area contributed by atoms with Crippen LogP contribution in [0.5, 0.6) is 5.75 Å². The van der Waals surface area contributed by atoms with E-state index in [4.69, 9.17) is 16.3 Å². The molecular formula is C14H15ClN4O. The zero-order chi connectivity index (χ0) is 14.3. The summed E-state index contributed by atoms with van der Waals surface area (Å²) in [7, 11) is 3.55. The number of nitrogens with zero attached hydrogens (tertiary/aromatic N) is 4. The first-order valence-electron chi connectivity index (χ1n) is 6.26. The summed E-state index contributed by atoms with van der Waals surface area (Å²) in [5, 5.41) is 4.38. The lowest BCUT2D eigenvalue weighted by Crippen LogP contribution is -1.99. The summed E-state index contributed by atoms with van der Waals surface area (Å²) in [4.78, 5) is 4.58. The Balaban J connectivity index is 2.30. The molecule has 0 atom stereocenters. The maximum absolute atomic E-state index is 6.04. The van der Waals surface area contributed by atoms with Gasteiger partial charge < -0.3 is 4.74 Å². The van der Waals surface area contributed by atoms with E-state index in [0.717, 1.165) is 34.0 Å². The minimum Gasteiger partial charge on any atom is -0.497 e. The Morgan fingerprint density at radius 1 is 1.35 bits per heavy atom. The SMILES string of the molecule is COc1ccc2c(c1)nc(CCl)n2-c1cn(C)nc1C. The van der Waals surface area contributed by atoms with E-state index in [1.165, 1.54) is 0 Å². The van der Waals surface area contributed by atoms with Crippen molar-refractivity contribution in [3.63, 3.8) is 0 Å². The standard InChI is InChI=1S/C14H15ClN4O/c1-9-13(8-18(2)17-9)19-12-5-4-10(20-3)6-11(12)16-14(19)7-15/h4-6,8H,7H2,1-3H3. The number of hydrogen-bond donors (Lipinski definition) is 0. The third kappa shape index (κ3) is 1.94. The molecule has 3 rings (SSSR count). The average molecular weight is 291 g/mol. The van der Waals surface area contributed by atoms with Gasteiger partial charge in [0.25, 0.3) is 0 Å². The van der Waals surface area contributed by atoms with E-state index >= 15 is 0 Å². The largest absolute Gasteiger partial charge is 0.497 e. The Morgan fingerprint density at radius 2 is 2.15 bits per heavy atom. The van der Waals surface area contributed by atoms with Gasteiger partial charge in [-0.25, -0.2) is 4.98 Å². The van der Waals surface area contributed by atoms with Crippen molar-refractivity contribution in [2.75, 3.05) is 7.11 Å². The molecule has 3 aromatic rings. The van der Waals surface area contributed by atoms with Gasteiger partial charge >= 0.3 is 0 Å². The molecule has 0 fully saturated rings. The molecule has 0 aliphatic carbocycles. The average Bonchev–Trinajstić information content (AvgIpc) is 2.96. The number of halogens is 1. The third-order valence-electron chi connectivity index (χ3n) is 3.28. The smallest absolute Gasteiger partial charge is 0.129 e. The van der Waals surface area contributed by atoms with E-state index in [1.807, 2.05) is 42.9 Å². The van der Waals surface area contributed by atoms with Crippen LogP contribution in [0.15, 0.2) is 24.4 Å². The van der Waals surface area contributed by atoms with Crippen LogP contribution in [0.3, 0.4) is 0 Å². The van der Waals surface area contributed by atoms with Crippen LogP contribution >= 0.6 is 11.6 Å². The fourth-order valence-electron chi connectivity index (χ4n) is 2.40. The summed E-state index contributed by atoms with van der Waals surface area (Å²) in [6.07, 6.45) is 1.97. The molecule has 6 heteroatoms. The van der Waals surface area contributed by atoms with E-state index in [-0.39, 0.29) is 0 Å². The maximum Gasteiger partial charge on any atom is 0.129 e. The van der Waals surface area contributed by atoms with Crippen molar-refractivity contribution in [1.82, 2.24) is 19.3 Å². The number of methoxy groups -OCH3 is 1. The zero-order valence-corrected chi connectivity index (χ0v) is 12.3. The number of benzene rings is 1. The molecule has 0 saturated heterocycles. The van der Waals surface area contributed by atoms with Crippen LogP contribution in [0.4, 0.5) is 0 Å². The second-order valence-corrected chi connectivity index (χ2v) is 4.89. The van der Waals surface area contributed by atoms with Gasteiger partial charge in [0.2, 0.25) is 0 Å². The Kier molecular flexibility index (Phi) is 3.14. The summed E-state index contributed by atoms with van der Waals surface area (Å²) in [5.41, 5.74) is 3.80. The van der Waals surface area contributed by atoms with Gasteiger partial charge in [-0.2, -0.15) is 5.10 Å². The fraction of sp³-hybridized carbons (Fsp3) is 0.286. The highest BCUT2D eigenvalue weighted by molar-refractivity contribution is 6.17. The van der Waals surface area contributed by atoms with Crippen LogP contribution < -0.4 is 4.74 Å². The number of alkyl halides is 1. The quantitative estimate of drug-likeness (QED) is 0.697. The summed E-state index contributed by atoms with van der Waals surface area (Å²) in [6, 6.07) is 5.82. The highest BCUT2D eigenvalue weighted by Crippen LogP contribution is 2.27. The molecule has 0 N–H and O–H groups in total. The Bertz CT molecular complexity index is 775. The van der Waals surface area contributed by atoms with Gasteiger partial charge in [-0.3, -0.25) is 9.25 Å². The number of fused-ring (bicyclic) bond motifs is 1. The maximum atomic E-state index is 6.04. The van der Waals surface area contributed by atoms with Crippen LogP contribution in [-0.2, 0) is 12.9 Å². The Labute approximate surface area is 121 Å². The van der Waals surface area contributed by atoms with Gasteiger partial charge in [-0.15, -0.1) is 11.6 Å². The van der Waals surface area contributed by atoms with Gasteiger partial charge in [-0.1, -0.05) is 0 Å². The normalized spacial score (nSPS) is 11.2. The molecule has 2 aromatic heterocycles. The van der Waals surface area contributed by atoms with Crippen LogP contribution in [0.1, 0.15) is 11.5 Å². The molecule has 5 nitrogen and oxygen atoms in total. The predicted octanol–water partition coefficient (Wildman–Crippen LogP) is 2.81. The molecule has 0 spiro atoms. The van der Waals surface area contributed by atoms with Gasteiger partial charge in [0.05, 0.1) is 35.4 Å². The van der Waals surface area contributed by atoms with Crippen molar-refractivity contribution in [1.29, 1.82) is 0 Å². The van der Waals surface area contributed by atoms with E-state index in [9.17, 15) is 0 Å². The van der Waals surface area contributed by atoms with E-state index in [0.29, 0.717) is 5.88 Å². The molecule has 0 saturated carbocycles. The first-order valence-corrected chi connectivity index (χ1v) is 6.79. The minimum atomic E-state index is 0.339. The number of aryl methyl sites for hydroxylation is 2. The lowest BCUT2D eigenvalue weighted by molar-refractivity contribution is 0.415. The van der Waals surface area contributed by atoms with E-state index < -0.39 is 0 Å². The molecule has 0 aliphatic heterocycles. The van der Waals surface area contributed by atoms with E-state index in [2.05, 4.69) is 10.1 Å². The molecular weight excluding hydrogens is 276 g/mol. The number of rotatable bonds is 3. The monoisotopic (exact) mass is 290 g/mol. The van der Waals surface area contributed by atoms with Crippen molar-refractivity contribution in [3.05, 3.63) is 35.9 Å². The summed E-state index contributed by atoms with van der Waals surface area (Å²) < 4.78 is 9.08. The molecule has 0 radical (unpaired) electrons. The van der Waals surface area contributed by atoms with Crippen LogP contribution in [0, 0.1) is 6.92 Å². The highest BCUT2D eigenvalue weighted by Gasteiger charge is 2.15. The van der Waals surface area contributed by atoms with Crippen molar-refractivity contribution in [2.45, 2.75) is 12.8 Å². The molecule has 0 aliphatic rings. The van der Waals surface area contributed by atoms with E-state index in [1.54, 1.807) is 11.8 Å². The highest BCUT2D eigenvalue weighted by atomic mass is 35.5. The van der Waals surface area contributed by atoms with Gasteiger partial charge in [0.1, 0.15) is 11.6 Å². The topological polar surface area (TPSA) is 44.9 Å². The molecule has 20 heavy (non-hydrogen) atoms. The second-order valence-electron chi connectivity index (χ2n) is 4.63. The van der Waals surface area contributed by atoms with Gasteiger partial charge in [0.15, 0.2) is 0 Å². The number of aromatic nitrogens is 4. The van der Waals surface area contributed by atoms with Crippen LogP contribution in [0.2, 0.25) is 0 Å². The van der Waals surface area contributed by atoms with Gasteiger partial charge in [0, 0.05) is 19.3 Å². The summed E-state index contributed by atoms with van der Waals surface area (Å²) in [5.74, 6) is 1.92. The Morgan fingerprint density at radius 3 is 2.75 bits per heavy atom. The summed E-state index contributed by atoms with van der Waals surface area (Å²) in [6.45, 7) is 1.97.